The van der Waals surface area contributed by atoms with Crippen LogP contribution in [0.1, 0.15) is 17.2 Å². The van der Waals surface area contributed by atoms with Crippen LogP contribution < -0.4 is 5.73 Å². The lowest BCUT2D eigenvalue weighted by molar-refractivity contribution is 0.613. The molecule has 0 fully saturated rings. The highest BCUT2D eigenvalue weighted by atomic mass is 32.2. The fourth-order valence-electron chi connectivity index (χ4n) is 1.65. The van der Waals surface area contributed by atoms with Gasteiger partial charge in [0.05, 0.1) is 0 Å². The third-order valence-corrected chi connectivity index (χ3v) is 4.00. The SMILES string of the molecule is Cc1ccc(C(N)CSc2ccc(F)cc2)cc1F. The first-order valence-corrected chi connectivity index (χ1v) is 6.95. The van der Waals surface area contributed by atoms with Crippen LogP contribution in [0.3, 0.4) is 0 Å². The van der Waals surface area contributed by atoms with Gasteiger partial charge in [-0.1, -0.05) is 12.1 Å². The van der Waals surface area contributed by atoms with Gasteiger partial charge in [-0.25, -0.2) is 8.78 Å². The van der Waals surface area contributed by atoms with Gasteiger partial charge in [-0.05, 0) is 48.4 Å². The van der Waals surface area contributed by atoms with Gasteiger partial charge in [0.15, 0.2) is 0 Å². The quantitative estimate of drug-likeness (QED) is 0.854. The summed E-state index contributed by atoms with van der Waals surface area (Å²) in [5, 5.41) is 0. The molecule has 2 rings (SSSR count). The predicted octanol–water partition coefficient (Wildman–Crippen LogP) is 4.07. The Morgan fingerprint density at radius 2 is 1.79 bits per heavy atom. The highest BCUT2D eigenvalue weighted by Crippen LogP contribution is 2.24. The average molecular weight is 279 g/mol. The second kappa shape index (κ2) is 6.17. The average Bonchev–Trinajstić information content (AvgIpc) is 2.41. The molecule has 0 aromatic heterocycles. The van der Waals surface area contributed by atoms with Gasteiger partial charge in [0.1, 0.15) is 11.6 Å². The minimum atomic E-state index is -0.255. The van der Waals surface area contributed by atoms with Gasteiger partial charge in [0.25, 0.3) is 0 Å². The third kappa shape index (κ3) is 3.78. The Morgan fingerprint density at radius 1 is 1.11 bits per heavy atom. The van der Waals surface area contributed by atoms with Crippen LogP contribution in [-0.4, -0.2) is 5.75 Å². The zero-order chi connectivity index (χ0) is 13.8. The normalized spacial score (nSPS) is 12.4. The Hall–Kier alpha value is -1.39. The molecule has 0 bridgehead atoms. The predicted molar refractivity (Wildman–Crippen MR) is 75.2 cm³/mol. The maximum absolute atomic E-state index is 13.4. The van der Waals surface area contributed by atoms with Crippen LogP contribution in [0, 0.1) is 18.6 Å². The highest BCUT2D eigenvalue weighted by molar-refractivity contribution is 7.99. The summed E-state index contributed by atoms with van der Waals surface area (Å²) in [6.45, 7) is 1.72. The lowest BCUT2D eigenvalue weighted by Gasteiger charge is -2.12. The zero-order valence-corrected chi connectivity index (χ0v) is 11.4. The molecule has 4 heteroatoms. The summed E-state index contributed by atoms with van der Waals surface area (Å²) in [7, 11) is 0. The molecule has 0 aliphatic rings. The fourth-order valence-corrected chi connectivity index (χ4v) is 2.55. The van der Waals surface area contributed by atoms with E-state index >= 15 is 0 Å². The minimum absolute atomic E-state index is 0.236. The van der Waals surface area contributed by atoms with Crippen LogP contribution in [0.4, 0.5) is 8.78 Å². The smallest absolute Gasteiger partial charge is 0.126 e. The van der Waals surface area contributed by atoms with E-state index in [2.05, 4.69) is 0 Å². The minimum Gasteiger partial charge on any atom is -0.323 e. The molecular formula is C15H15F2NS. The van der Waals surface area contributed by atoms with E-state index in [0.29, 0.717) is 11.3 Å². The molecule has 0 aliphatic carbocycles. The summed E-state index contributed by atoms with van der Waals surface area (Å²) in [6, 6.07) is 11.1. The lowest BCUT2D eigenvalue weighted by atomic mass is 10.1. The number of hydrogen-bond acceptors (Lipinski definition) is 2. The lowest BCUT2D eigenvalue weighted by Crippen LogP contribution is -2.13. The molecule has 0 radical (unpaired) electrons. The largest absolute Gasteiger partial charge is 0.323 e. The molecule has 1 atom stereocenters. The van der Waals surface area contributed by atoms with Crippen molar-refractivity contribution in [2.75, 3.05) is 5.75 Å². The van der Waals surface area contributed by atoms with Crippen LogP contribution in [0.5, 0.6) is 0 Å². The monoisotopic (exact) mass is 279 g/mol. The first-order chi connectivity index (χ1) is 9.06. The van der Waals surface area contributed by atoms with Crippen LogP contribution in [-0.2, 0) is 0 Å². The number of halogens is 2. The Balaban J connectivity index is 1.98. The number of nitrogens with two attached hydrogens (primary N) is 1. The molecule has 100 valence electrons. The van der Waals surface area contributed by atoms with E-state index in [0.717, 1.165) is 10.5 Å². The van der Waals surface area contributed by atoms with Crippen molar-refractivity contribution in [3.63, 3.8) is 0 Å². The zero-order valence-electron chi connectivity index (χ0n) is 10.6. The summed E-state index contributed by atoms with van der Waals surface area (Å²) >= 11 is 1.53. The van der Waals surface area contributed by atoms with E-state index in [4.69, 9.17) is 5.73 Å². The van der Waals surface area contributed by atoms with E-state index in [1.165, 1.54) is 30.0 Å². The maximum Gasteiger partial charge on any atom is 0.126 e. The fraction of sp³-hybridized carbons (Fsp3) is 0.200. The number of aryl methyl sites for hydroxylation is 1. The van der Waals surface area contributed by atoms with Crippen molar-refractivity contribution in [1.82, 2.24) is 0 Å². The molecule has 0 aliphatic heterocycles. The number of rotatable bonds is 4. The van der Waals surface area contributed by atoms with Crippen LogP contribution in [0.15, 0.2) is 47.4 Å². The van der Waals surface area contributed by atoms with E-state index < -0.39 is 0 Å². The van der Waals surface area contributed by atoms with Crippen molar-refractivity contribution in [3.8, 4) is 0 Å². The summed E-state index contributed by atoms with van der Waals surface area (Å²) in [5.74, 6) is 0.128. The summed E-state index contributed by atoms with van der Waals surface area (Å²) in [4.78, 5) is 0.949. The van der Waals surface area contributed by atoms with Gasteiger partial charge in [0, 0.05) is 16.7 Å². The molecule has 2 aromatic rings. The molecule has 0 amide bonds. The first kappa shape index (κ1) is 14.0. The second-order valence-electron chi connectivity index (χ2n) is 4.38. The van der Waals surface area contributed by atoms with Gasteiger partial charge in [-0.15, -0.1) is 11.8 Å². The highest BCUT2D eigenvalue weighted by Gasteiger charge is 2.09. The number of hydrogen-bond donors (Lipinski definition) is 1. The Kier molecular flexibility index (Phi) is 4.56. The van der Waals surface area contributed by atoms with Crippen molar-refractivity contribution in [2.24, 2.45) is 5.73 Å². The molecule has 19 heavy (non-hydrogen) atoms. The summed E-state index contributed by atoms with van der Waals surface area (Å²) in [5.41, 5.74) is 7.42. The Morgan fingerprint density at radius 3 is 2.42 bits per heavy atom. The Labute approximate surface area is 115 Å². The number of thioether (sulfide) groups is 1. The van der Waals surface area contributed by atoms with E-state index in [-0.39, 0.29) is 17.7 Å². The van der Waals surface area contributed by atoms with Crippen molar-refractivity contribution < 1.29 is 8.78 Å². The van der Waals surface area contributed by atoms with Crippen LogP contribution >= 0.6 is 11.8 Å². The van der Waals surface area contributed by atoms with E-state index in [1.807, 2.05) is 6.07 Å². The van der Waals surface area contributed by atoms with Crippen molar-refractivity contribution in [3.05, 3.63) is 65.2 Å². The molecule has 2 N–H and O–H groups in total. The summed E-state index contributed by atoms with van der Waals surface area (Å²) < 4.78 is 26.2. The first-order valence-electron chi connectivity index (χ1n) is 5.96. The van der Waals surface area contributed by atoms with Crippen molar-refractivity contribution in [2.45, 2.75) is 17.9 Å². The van der Waals surface area contributed by atoms with Gasteiger partial charge in [-0.2, -0.15) is 0 Å². The van der Waals surface area contributed by atoms with Gasteiger partial charge in [0.2, 0.25) is 0 Å². The molecular weight excluding hydrogens is 264 g/mol. The summed E-state index contributed by atoms with van der Waals surface area (Å²) in [6.07, 6.45) is 0. The molecule has 2 aromatic carbocycles. The maximum atomic E-state index is 13.4. The van der Waals surface area contributed by atoms with Gasteiger partial charge < -0.3 is 5.73 Å². The molecule has 0 heterocycles. The standard InChI is InChI=1S/C15H15F2NS/c1-10-2-3-11(8-14(10)17)15(18)9-19-13-6-4-12(16)5-7-13/h2-8,15H,9,18H2,1H3. The van der Waals surface area contributed by atoms with Gasteiger partial charge >= 0.3 is 0 Å². The van der Waals surface area contributed by atoms with E-state index in [1.54, 1.807) is 25.1 Å². The number of benzene rings is 2. The van der Waals surface area contributed by atoms with Gasteiger partial charge in [-0.3, -0.25) is 0 Å². The van der Waals surface area contributed by atoms with Crippen molar-refractivity contribution >= 4 is 11.8 Å². The van der Waals surface area contributed by atoms with Crippen molar-refractivity contribution in [1.29, 1.82) is 0 Å². The second-order valence-corrected chi connectivity index (χ2v) is 5.47. The third-order valence-electron chi connectivity index (χ3n) is 2.87. The molecule has 0 spiro atoms. The van der Waals surface area contributed by atoms with Crippen LogP contribution in [0.2, 0.25) is 0 Å². The van der Waals surface area contributed by atoms with E-state index in [9.17, 15) is 8.78 Å². The topological polar surface area (TPSA) is 26.0 Å². The molecule has 1 nitrogen and oxygen atoms in total. The Bertz CT molecular complexity index is 555. The molecule has 0 saturated carbocycles. The molecule has 0 saturated heterocycles. The molecule has 1 unspecified atom stereocenters. The van der Waals surface area contributed by atoms with Crippen LogP contribution in [0.25, 0.3) is 0 Å².